The summed E-state index contributed by atoms with van der Waals surface area (Å²) < 4.78 is 2.47. The molecule has 0 aromatic heterocycles. The van der Waals surface area contributed by atoms with Crippen molar-refractivity contribution in [3.63, 3.8) is 0 Å². The Hall–Kier alpha value is -1.66. The summed E-state index contributed by atoms with van der Waals surface area (Å²) in [6, 6.07) is 8.97. The molecule has 0 saturated carbocycles. The Balaban J connectivity index is 0.000000767. The van der Waals surface area contributed by atoms with E-state index in [0.29, 0.717) is 12.5 Å². The van der Waals surface area contributed by atoms with Gasteiger partial charge in [0.2, 0.25) is 5.91 Å². The van der Waals surface area contributed by atoms with E-state index >= 15 is 0 Å². The number of carbonyl (C=O) groups excluding carboxylic acids is 1. The molecule has 1 amide bonds. The molecule has 34 heavy (non-hydrogen) atoms. The minimum Gasteiger partial charge on any atom is -0.478 e. The first-order valence-corrected chi connectivity index (χ1v) is 13.8. The molecule has 190 valence electrons. The summed E-state index contributed by atoms with van der Waals surface area (Å²) >= 11 is 7.21. The molecule has 2 N–H and O–H groups in total. The van der Waals surface area contributed by atoms with E-state index in [1.54, 1.807) is 12.5 Å². The van der Waals surface area contributed by atoms with Crippen molar-refractivity contribution in [2.24, 2.45) is 5.92 Å². The summed E-state index contributed by atoms with van der Waals surface area (Å²) in [5.41, 5.74) is 3.17. The number of carboxylic acids is 1. The van der Waals surface area contributed by atoms with Crippen LogP contribution >= 0.6 is 31.9 Å². The lowest BCUT2D eigenvalue weighted by Gasteiger charge is -2.41. The number of amides is 1. The molecule has 4 nitrogen and oxygen atoms in total. The van der Waals surface area contributed by atoms with Crippen molar-refractivity contribution in [3.8, 4) is 0 Å². The highest BCUT2D eigenvalue weighted by Gasteiger charge is 2.37. The number of benzene rings is 1. The third kappa shape index (κ3) is 10.7. The van der Waals surface area contributed by atoms with Crippen LogP contribution in [0.2, 0.25) is 0 Å². The molecule has 2 atom stereocenters. The van der Waals surface area contributed by atoms with Crippen molar-refractivity contribution >= 4 is 43.7 Å². The Labute approximate surface area is 223 Å². The van der Waals surface area contributed by atoms with Crippen LogP contribution < -0.4 is 5.32 Å². The number of allylic oxidation sites excluding steroid dienone is 4. The lowest BCUT2D eigenvalue weighted by Crippen LogP contribution is -2.34. The summed E-state index contributed by atoms with van der Waals surface area (Å²) in [5, 5.41) is 10.5. The summed E-state index contributed by atoms with van der Waals surface area (Å²) in [4.78, 5) is 20.3. The molecule has 0 spiro atoms. The summed E-state index contributed by atoms with van der Waals surface area (Å²) in [5.74, 6) is -0.814. The van der Waals surface area contributed by atoms with Crippen molar-refractivity contribution in [2.45, 2.75) is 79.1 Å². The van der Waals surface area contributed by atoms with Crippen LogP contribution in [0.4, 0.5) is 0 Å². The number of carbonyl (C=O) groups is 2. The molecular weight excluding hydrogens is 558 g/mol. The average molecular weight is 599 g/mol. The zero-order chi connectivity index (χ0) is 26.1. The fourth-order valence-corrected chi connectivity index (χ4v) is 4.75. The Kier molecular flexibility index (Phi) is 16.9. The molecule has 0 aliphatic heterocycles. The summed E-state index contributed by atoms with van der Waals surface area (Å²) in [6.07, 6.45) is 12.4. The third-order valence-corrected chi connectivity index (χ3v) is 7.07. The quantitative estimate of drug-likeness (QED) is 0.281. The number of hydrogen-bond donors (Lipinski definition) is 2. The highest BCUT2D eigenvalue weighted by molar-refractivity contribution is 9.11. The SMILES string of the molecule is CC.CCCC(CC)C(C)(C1=CC=C(Br)CC1)c1ccc(Br)cc1.CCNC(=O)/C=C\C(=O)O. The van der Waals surface area contributed by atoms with E-state index in [1.807, 2.05) is 13.8 Å². The molecule has 0 bridgehead atoms. The predicted octanol–water partition coefficient (Wildman–Crippen LogP) is 8.32. The second-order valence-corrected chi connectivity index (χ2v) is 9.91. The van der Waals surface area contributed by atoms with Crippen LogP contribution in [0, 0.1) is 5.92 Å². The molecule has 6 heteroatoms. The van der Waals surface area contributed by atoms with E-state index in [4.69, 9.17) is 5.11 Å². The number of rotatable bonds is 9. The first kappa shape index (κ1) is 32.3. The molecule has 0 saturated heterocycles. The average Bonchev–Trinajstić information content (AvgIpc) is 2.83. The van der Waals surface area contributed by atoms with Gasteiger partial charge in [0, 0.05) is 28.6 Å². The van der Waals surface area contributed by atoms with Gasteiger partial charge in [0.15, 0.2) is 0 Å². The van der Waals surface area contributed by atoms with Crippen LogP contribution in [0.3, 0.4) is 0 Å². The van der Waals surface area contributed by atoms with Gasteiger partial charge in [-0.2, -0.15) is 0 Å². The third-order valence-electron chi connectivity index (χ3n) is 5.88. The number of halogens is 2. The molecule has 1 aliphatic carbocycles. The second-order valence-electron chi connectivity index (χ2n) is 7.97. The van der Waals surface area contributed by atoms with Gasteiger partial charge in [0.25, 0.3) is 0 Å². The van der Waals surface area contributed by atoms with E-state index in [2.05, 4.69) is 94.4 Å². The van der Waals surface area contributed by atoms with Gasteiger partial charge in [-0.25, -0.2) is 4.79 Å². The maximum absolute atomic E-state index is 10.5. The van der Waals surface area contributed by atoms with E-state index < -0.39 is 5.97 Å². The number of nitrogens with one attached hydrogen (secondary N) is 1. The maximum Gasteiger partial charge on any atom is 0.328 e. The van der Waals surface area contributed by atoms with Crippen molar-refractivity contribution in [2.75, 3.05) is 6.54 Å². The van der Waals surface area contributed by atoms with Gasteiger partial charge in [-0.1, -0.05) is 109 Å². The maximum atomic E-state index is 10.5. The highest BCUT2D eigenvalue weighted by Crippen LogP contribution is 2.46. The second kappa shape index (κ2) is 17.7. The van der Waals surface area contributed by atoms with Crippen molar-refractivity contribution in [1.29, 1.82) is 0 Å². The molecule has 1 aromatic rings. The lowest BCUT2D eigenvalue weighted by atomic mass is 9.63. The van der Waals surface area contributed by atoms with Crippen LogP contribution in [0.5, 0.6) is 0 Å². The monoisotopic (exact) mass is 597 g/mol. The van der Waals surface area contributed by atoms with E-state index in [-0.39, 0.29) is 11.3 Å². The van der Waals surface area contributed by atoms with Crippen LogP contribution in [0.15, 0.2) is 63.1 Å². The standard InChI is InChI=1S/C20H26Br2.C6H9NO3.C2H6/c1-4-6-15(5-2)20(3,16-7-11-18(21)12-8-16)17-9-13-19(22)14-10-17;1-2-7-5(8)3-4-6(9)10;1-2/h7-9,11-13,15H,4-6,10,14H2,1-3H3;3-4H,2H2,1H3,(H,7,8)(H,9,10);1-2H3/b;4-3-;. The van der Waals surface area contributed by atoms with Crippen molar-refractivity contribution < 1.29 is 14.7 Å². The van der Waals surface area contributed by atoms with Gasteiger partial charge in [-0.3, -0.25) is 4.79 Å². The van der Waals surface area contributed by atoms with E-state index in [1.165, 1.54) is 29.3 Å². The Morgan fingerprint density at radius 3 is 2.12 bits per heavy atom. The Morgan fingerprint density at radius 2 is 1.68 bits per heavy atom. The van der Waals surface area contributed by atoms with Crippen LogP contribution in [-0.4, -0.2) is 23.5 Å². The Morgan fingerprint density at radius 1 is 1.06 bits per heavy atom. The molecular formula is C28H41Br2NO3. The topological polar surface area (TPSA) is 66.4 Å². The molecule has 1 aliphatic rings. The zero-order valence-corrected chi connectivity index (χ0v) is 24.6. The fourth-order valence-electron chi connectivity index (χ4n) is 4.15. The first-order valence-electron chi connectivity index (χ1n) is 12.2. The molecule has 2 unspecified atom stereocenters. The van der Waals surface area contributed by atoms with Crippen LogP contribution in [0.25, 0.3) is 0 Å². The molecule has 0 radical (unpaired) electrons. The van der Waals surface area contributed by atoms with Gasteiger partial charge in [-0.15, -0.1) is 0 Å². The highest BCUT2D eigenvalue weighted by atomic mass is 79.9. The normalized spacial score (nSPS) is 15.4. The van der Waals surface area contributed by atoms with Crippen molar-refractivity contribution in [3.05, 3.63) is 68.7 Å². The molecule has 2 rings (SSSR count). The predicted molar refractivity (Wildman–Crippen MR) is 151 cm³/mol. The zero-order valence-electron chi connectivity index (χ0n) is 21.5. The van der Waals surface area contributed by atoms with Crippen LogP contribution in [0.1, 0.15) is 79.2 Å². The van der Waals surface area contributed by atoms with Gasteiger partial charge < -0.3 is 10.4 Å². The largest absolute Gasteiger partial charge is 0.478 e. The smallest absolute Gasteiger partial charge is 0.328 e. The Bertz CT molecular complexity index is 844. The van der Waals surface area contributed by atoms with Crippen molar-refractivity contribution in [1.82, 2.24) is 5.32 Å². The number of carboxylic acid groups (broad SMARTS) is 1. The fraction of sp³-hybridized carbons (Fsp3) is 0.500. The van der Waals surface area contributed by atoms with E-state index in [9.17, 15) is 9.59 Å². The molecule has 0 fully saturated rings. The molecule has 1 aromatic carbocycles. The van der Waals surface area contributed by atoms with E-state index in [0.717, 1.165) is 29.5 Å². The van der Waals surface area contributed by atoms with Gasteiger partial charge in [-0.05, 0) is 54.3 Å². The van der Waals surface area contributed by atoms with Crippen LogP contribution in [-0.2, 0) is 15.0 Å². The molecule has 0 heterocycles. The van der Waals surface area contributed by atoms with Gasteiger partial charge >= 0.3 is 5.97 Å². The first-order chi connectivity index (χ1) is 16.2. The summed E-state index contributed by atoms with van der Waals surface area (Å²) in [7, 11) is 0. The minimum atomic E-state index is -1.12. The number of hydrogen-bond acceptors (Lipinski definition) is 2. The number of likely N-dealkylation sites (N-methyl/N-ethyl adjacent to an activating group) is 1. The number of aliphatic carboxylic acids is 1. The lowest BCUT2D eigenvalue weighted by molar-refractivity contribution is -0.131. The van der Waals surface area contributed by atoms with Gasteiger partial charge in [0.05, 0.1) is 0 Å². The summed E-state index contributed by atoms with van der Waals surface area (Å²) in [6.45, 7) is 13.4. The minimum absolute atomic E-state index is 0.135. The van der Waals surface area contributed by atoms with Gasteiger partial charge in [0.1, 0.15) is 0 Å².